The van der Waals surface area contributed by atoms with E-state index in [1.54, 1.807) is 26.0 Å². The van der Waals surface area contributed by atoms with E-state index in [2.05, 4.69) is 26.0 Å². The van der Waals surface area contributed by atoms with Gasteiger partial charge in [0, 0.05) is 17.1 Å². The van der Waals surface area contributed by atoms with Gasteiger partial charge in [-0.3, -0.25) is 0 Å². The Hall–Kier alpha value is -0.430. The molecule has 0 aliphatic heterocycles. The topological polar surface area (TPSA) is 58.2 Å². The highest BCUT2D eigenvalue weighted by Crippen LogP contribution is 2.23. The summed E-state index contributed by atoms with van der Waals surface area (Å²) in [5.74, 6) is 0. The Kier molecular flexibility index (Phi) is 5.12. The molecule has 17 heavy (non-hydrogen) atoms. The van der Waals surface area contributed by atoms with Crippen LogP contribution >= 0.6 is 15.9 Å². The zero-order valence-electron chi connectivity index (χ0n) is 10.1. The maximum Gasteiger partial charge on any atom is 0.241 e. The third kappa shape index (κ3) is 4.06. The predicted octanol–water partition coefficient (Wildman–Crippen LogP) is 1.86. The van der Waals surface area contributed by atoms with Crippen molar-refractivity contribution >= 4 is 26.0 Å². The molecule has 0 aliphatic rings. The highest BCUT2D eigenvalue weighted by molar-refractivity contribution is 9.10. The molecule has 0 saturated carbocycles. The fourth-order valence-corrected chi connectivity index (χ4v) is 3.83. The molecule has 6 heteroatoms. The molecule has 0 atom stereocenters. The summed E-state index contributed by atoms with van der Waals surface area (Å²) in [6, 6.07) is 5.10. The molecule has 1 rings (SSSR count). The first-order chi connectivity index (χ1) is 7.86. The van der Waals surface area contributed by atoms with E-state index in [0.29, 0.717) is 11.0 Å². The van der Waals surface area contributed by atoms with Crippen molar-refractivity contribution < 1.29 is 8.42 Å². The van der Waals surface area contributed by atoms with Crippen molar-refractivity contribution in [2.45, 2.75) is 31.3 Å². The highest BCUT2D eigenvalue weighted by atomic mass is 79.9. The summed E-state index contributed by atoms with van der Waals surface area (Å²) < 4.78 is 27.1. The van der Waals surface area contributed by atoms with Crippen LogP contribution in [0.2, 0.25) is 0 Å². The zero-order chi connectivity index (χ0) is 13.1. The van der Waals surface area contributed by atoms with Gasteiger partial charge in [0.2, 0.25) is 10.0 Å². The van der Waals surface area contributed by atoms with Gasteiger partial charge in [-0.1, -0.05) is 6.07 Å². The summed E-state index contributed by atoms with van der Waals surface area (Å²) in [7, 11) is -1.59. The molecule has 0 radical (unpaired) electrons. The lowest BCUT2D eigenvalue weighted by molar-refractivity contribution is 0.569. The van der Waals surface area contributed by atoms with Gasteiger partial charge >= 0.3 is 0 Å². The van der Waals surface area contributed by atoms with Crippen LogP contribution in [0.25, 0.3) is 0 Å². The van der Waals surface area contributed by atoms with Crippen LogP contribution in [0, 0.1) is 0 Å². The number of halogens is 1. The highest BCUT2D eigenvalue weighted by Gasteiger charge is 2.18. The first-order valence-electron chi connectivity index (χ1n) is 5.32. The Labute approximate surface area is 111 Å². The average Bonchev–Trinajstić information content (AvgIpc) is 2.15. The number of nitrogens with one attached hydrogen (secondary N) is 2. The number of hydrogen-bond acceptors (Lipinski definition) is 3. The zero-order valence-corrected chi connectivity index (χ0v) is 12.5. The van der Waals surface area contributed by atoms with E-state index in [-0.39, 0.29) is 10.9 Å². The average molecular weight is 321 g/mol. The maximum absolute atomic E-state index is 12.0. The van der Waals surface area contributed by atoms with Gasteiger partial charge in [0.15, 0.2) is 0 Å². The Morgan fingerprint density at radius 2 is 2.00 bits per heavy atom. The molecule has 1 aromatic rings. The van der Waals surface area contributed by atoms with Gasteiger partial charge in [0.25, 0.3) is 0 Å². The summed E-state index contributed by atoms with van der Waals surface area (Å²) in [6.07, 6.45) is 0. The van der Waals surface area contributed by atoms with Crippen LogP contribution in [0.1, 0.15) is 19.4 Å². The summed E-state index contributed by atoms with van der Waals surface area (Å²) in [6.45, 7) is 4.29. The van der Waals surface area contributed by atoms with Crippen LogP contribution < -0.4 is 10.0 Å². The Balaban J connectivity index is 3.07. The second kappa shape index (κ2) is 5.95. The van der Waals surface area contributed by atoms with Crippen molar-refractivity contribution in [2.75, 3.05) is 7.05 Å². The summed E-state index contributed by atoms with van der Waals surface area (Å²) >= 11 is 3.30. The SMILES string of the molecule is CNCc1ccc(S(=O)(=O)NC(C)C)c(Br)c1. The van der Waals surface area contributed by atoms with Crippen LogP contribution in [0.15, 0.2) is 27.6 Å². The van der Waals surface area contributed by atoms with Crippen molar-refractivity contribution in [3.8, 4) is 0 Å². The molecular formula is C11H17BrN2O2S. The maximum atomic E-state index is 12.0. The first kappa shape index (κ1) is 14.6. The Morgan fingerprint density at radius 1 is 1.35 bits per heavy atom. The number of rotatable bonds is 5. The molecule has 0 aliphatic carbocycles. The molecule has 0 spiro atoms. The standard InChI is InChI=1S/C11H17BrN2O2S/c1-8(2)14-17(15,16)11-5-4-9(7-13-3)6-10(11)12/h4-6,8,13-14H,7H2,1-3H3. The molecule has 2 N–H and O–H groups in total. The van der Waals surface area contributed by atoms with Crippen molar-refractivity contribution in [1.29, 1.82) is 0 Å². The van der Waals surface area contributed by atoms with Gasteiger partial charge in [-0.25, -0.2) is 13.1 Å². The lowest BCUT2D eigenvalue weighted by Gasteiger charge is -2.12. The van der Waals surface area contributed by atoms with Crippen LogP contribution in [-0.4, -0.2) is 21.5 Å². The molecular weight excluding hydrogens is 304 g/mol. The lowest BCUT2D eigenvalue weighted by atomic mass is 10.2. The molecule has 0 fully saturated rings. The van der Waals surface area contributed by atoms with E-state index in [1.807, 2.05) is 13.1 Å². The minimum absolute atomic E-state index is 0.121. The minimum atomic E-state index is -3.44. The van der Waals surface area contributed by atoms with E-state index in [9.17, 15) is 8.42 Å². The van der Waals surface area contributed by atoms with Crippen LogP contribution in [0.5, 0.6) is 0 Å². The fourth-order valence-electron chi connectivity index (χ4n) is 1.45. The van der Waals surface area contributed by atoms with Crippen LogP contribution in [0.3, 0.4) is 0 Å². The van der Waals surface area contributed by atoms with Crippen LogP contribution in [0.4, 0.5) is 0 Å². The molecule has 0 aromatic heterocycles. The normalized spacial score (nSPS) is 12.1. The fraction of sp³-hybridized carbons (Fsp3) is 0.455. The third-order valence-corrected chi connectivity index (χ3v) is 4.69. The molecule has 0 saturated heterocycles. The third-order valence-electron chi connectivity index (χ3n) is 2.06. The largest absolute Gasteiger partial charge is 0.316 e. The quantitative estimate of drug-likeness (QED) is 0.870. The molecule has 0 bridgehead atoms. The number of benzene rings is 1. The number of sulfonamides is 1. The van der Waals surface area contributed by atoms with Gasteiger partial charge < -0.3 is 5.32 Å². The van der Waals surface area contributed by atoms with Gasteiger partial charge in [0.1, 0.15) is 0 Å². The van der Waals surface area contributed by atoms with Crippen molar-refractivity contribution in [3.05, 3.63) is 28.2 Å². The van der Waals surface area contributed by atoms with Crippen molar-refractivity contribution in [1.82, 2.24) is 10.0 Å². The Bertz CT molecular complexity index is 486. The molecule has 0 unspecified atom stereocenters. The van der Waals surface area contributed by atoms with Gasteiger partial charge in [-0.05, 0) is 54.5 Å². The molecule has 0 heterocycles. The van der Waals surface area contributed by atoms with Gasteiger partial charge in [0.05, 0.1) is 4.90 Å². The number of hydrogen-bond donors (Lipinski definition) is 2. The lowest BCUT2D eigenvalue weighted by Crippen LogP contribution is -2.30. The summed E-state index contributed by atoms with van der Waals surface area (Å²) in [5.41, 5.74) is 1.03. The molecule has 96 valence electrons. The first-order valence-corrected chi connectivity index (χ1v) is 7.60. The molecule has 4 nitrogen and oxygen atoms in total. The smallest absolute Gasteiger partial charge is 0.241 e. The van der Waals surface area contributed by atoms with E-state index in [1.165, 1.54) is 0 Å². The van der Waals surface area contributed by atoms with Crippen LogP contribution in [-0.2, 0) is 16.6 Å². The Morgan fingerprint density at radius 3 is 2.47 bits per heavy atom. The van der Waals surface area contributed by atoms with Crippen molar-refractivity contribution in [3.63, 3.8) is 0 Å². The van der Waals surface area contributed by atoms with Gasteiger partial charge in [-0.2, -0.15) is 0 Å². The minimum Gasteiger partial charge on any atom is -0.316 e. The van der Waals surface area contributed by atoms with E-state index >= 15 is 0 Å². The van der Waals surface area contributed by atoms with E-state index < -0.39 is 10.0 Å². The van der Waals surface area contributed by atoms with Crippen molar-refractivity contribution in [2.24, 2.45) is 0 Å². The summed E-state index contributed by atoms with van der Waals surface area (Å²) in [5, 5.41) is 3.02. The second-order valence-corrected chi connectivity index (χ2v) is 6.61. The molecule has 0 amide bonds. The van der Waals surface area contributed by atoms with E-state index in [0.717, 1.165) is 5.56 Å². The van der Waals surface area contributed by atoms with E-state index in [4.69, 9.17) is 0 Å². The summed E-state index contributed by atoms with van der Waals surface area (Å²) in [4.78, 5) is 0.269. The molecule has 1 aromatic carbocycles. The second-order valence-electron chi connectivity index (χ2n) is 4.07. The van der Waals surface area contributed by atoms with Gasteiger partial charge in [-0.15, -0.1) is 0 Å². The predicted molar refractivity (Wildman–Crippen MR) is 72.4 cm³/mol. The monoisotopic (exact) mass is 320 g/mol.